The number of nitrogens with one attached hydrogen (secondary N) is 2. The zero-order valence-electron chi connectivity index (χ0n) is 28.1. The van der Waals surface area contributed by atoms with Crippen LogP contribution in [0.2, 0.25) is 0 Å². The van der Waals surface area contributed by atoms with Gasteiger partial charge in [0.1, 0.15) is 28.9 Å². The van der Waals surface area contributed by atoms with E-state index in [4.69, 9.17) is 14.5 Å². The lowest BCUT2D eigenvalue weighted by Gasteiger charge is -2.27. The van der Waals surface area contributed by atoms with Gasteiger partial charge in [-0.1, -0.05) is 35.6 Å². The van der Waals surface area contributed by atoms with Crippen LogP contribution in [0.5, 0.6) is 0 Å². The van der Waals surface area contributed by atoms with Gasteiger partial charge in [-0.15, -0.1) is 0 Å². The Kier molecular flexibility index (Phi) is 8.35. The minimum Gasteiger partial charge on any atom is -0.444 e. The summed E-state index contributed by atoms with van der Waals surface area (Å²) in [6, 6.07) is 13.4. The molecule has 0 unspecified atom stereocenters. The van der Waals surface area contributed by atoms with Crippen LogP contribution in [-0.4, -0.2) is 66.2 Å². The molecule has 2 N–H and O–H groups in total. The van der Waals surface area contributed by atoms with Gasteiger partial charge in [-0.3, -0.25) is 9.80 Å². The number of aromatic nitrogens is 4. The van der Waals surface area contributed by atoms with E-state index in [0.717, 1.165) is 57.7 Å². The average molecular weight is 635 g/mol. The predicted octanol–water partition coefficient (Wildman–Crippen LogP) is 7.66. The quantitative estimate of drug-likeness (QED) is 0.177. The highest BCUT2D eigenvalue weighted by Crippen LogP contribution is 2.34. The van der Waals surface area contributed by atoms with Crippen LogP contribution >= 0.6 is 0 Å². The molecule has 4 heterocycles. The van der Waals surface area contributed by atoms with E-state index >= 15 is 0 Å². The maximum absolute atomic E-state index is 12.9. The smallest absolute Gasteiger partial charge is 0.411 e. The predicted molar refractivity (Wildman–Crippen MR) is 180 cm³/mol. The number of ether oxygens (including phenoxy) is 2. The van der Waals surface area contributed by atoms with Gasteiger partial charge >= 0.3 is 12.2 Å². The maximum atomic E-state index is 12.9. The summed E-state index contributed by atoms with van der Waals surface area (Å²) in [6.07, 6.45) is 4.90. The van der Waals surface area contributed by atoms with Crippen LogP contribution < -0.4 is 0 Å². The van der Waals surface area contributed by atoms with Crippen molar-refractivity contribution >= 4 is 23.2 Å². The molecule has 2 aliphatic rings. The second-order valence-corrected chi connectivity index (χ2v) is 14.3. The normalized spacial score (nSPS) is 18.2. The molecule has 0 saturated carbocycles. The third-order valence-electron chi connectivity index (χ3n) is 7.95. The number of amides is 2. The van der Waals surface area contributed by atoms with Crippen LogP contribution in [0.1, 0.15) is 96.2 Å². The molecule has 0 radical (unpaired) electrons. The third kappa shape index (κ3) is 7.35. The van der Waals surface area contributed by atoms with Crippen LogP contribution in [0.4, 0.5) is 9.59 Å². The fraction of sp³-hybridized carbons (Fsp3) is 0.405. The Morgan fingerprint density at radius 1 is 0.872 bits per heavy atom. The minimum absolute atomic E-state index is 0.140. The topological polar surface area (TPSA) is 116 Å². The lowest BCUT2D eigenvalue weighted by Crippen LogP contribution is -2.37. The summed E-state index contributed by atoms with van der Waals surface area (Å²) >= 11 is 0. The Morgan fingerprint density at radius 2 is 1.53 bits per heavy atom. The van der Waals surface area contributed by atoms with Crippen LogP contribution in [0.25, 0.3) is 22.3 Å². The van der Waals surface area contributed by atoms with Gasteiger partial charge < -0.3 is 19.4 Å². The van der Waals surface area contributed by atoms with Gasteiger partial charge in [0.25, 0.3) is 0 Å². The first-order valence-corrected chi connectivity index (χ1v) is 16.1. The van der Waals surface area contributed by atoms with Crippen LogP contribution in [0.15, 0.2) is 60.3 Å². The summed E-state index contributed by atoms with van der Waals surface area (Å²) in [5.74, 6) is 7.97. The highest BCUT2D eigenvalue weighted by atomic mass is 16.6. The van der Waals surface area contributed by atoms with Crippen molar-refractivity contribution in [3.63, 3.8) is 0 Å². The van der Waals surface area contributed by atoms with Crippen molar-refractivity contribution in [1.29, 1.82) is 0 Å². The van der Waals surface area contributed by atoms with E-state index in [1.807, 2.05) is 97.0 Å². The summed E-state index contributed by atoms with van der Waals surface area (Å²) < 4.78 is 11.3. The van der Waals surface area contributed by atoms with Gasteiger partial charge in [-0.25, -0.2) is 19.6 Å². The first-order chi connectivity index (χ1) is 22.2. The number of hydrogen-bond donors (Lipinski definition) is 2. The van der Waals surface area contributed by atoms with Gasteiger partial charge in [0.05, 0.1) is 29.0 Å². The molecule has 1 saturated heterocycles. The number of imidazole rings is 2. The van der Waals surface area contributed by atoms with Gasteiger partial charge in [-0.05, 0) is 97.2 Å². The molecule has 0 spiro atoms. The van der Waals surface area contributed by atoms with E-state index in [9.17, 15) is 9.59 Å². The number of aromatic amines is 2. The number of hydrogen-bond acceptors (Lipinski definition) is 6. The van der Waals surface area contributed by atoms with Crippen LogP contribution in [-0.2, 0) is 9.47 Å². The van der Waals surface area contributed by atoms with E-state index in [1.54, 1.807) is 16.0 Å². The molecule has 1 fully saturated rings. The van der Waals surface area contributed by atoms with Crippen LogP contribution in [0, 0.1) is 11.8 Å². The summed E-state index contributed by atoms with van der Waals surface area (Å²) in [7, 11) is 0. The molecule has 2 aliphatic heterocycles. The number of H-pyrrole nitrogens is 2. The number of fused-ring (bicyclic) bond motifs is 1. The average Bonchev–Trinajstić information content (AvgIpc) is 3.79. The number of likely N-dealkylation sites (tertiary alicyclic amines) is 1. The monoisotopic (exact) mass is 634 g/mol. The first-order valence-electron chi connectivity index (χ1n) is 16.1. The van der Waals surface area contributed by atoms with E-state index in [-0.39, 0.29) is 24.3 Å². The van der Waals surface area contributed by atoms with E-state index in [0.29, 0.717) is 18.9 Å². The molecule has 0 bridgehead atoms. The Hall–Kier alpha value is -5.04. The van der Waals surface area contributed by atoms with Crippen molar-refractivity contribution in [3.8, 4) is 23.1 Å². The van der Waals surface area contributed by atoms with Crippen molar-refractivity contribution in [1.82, 2.24) is 29.7 Å². The summed E-state index contributed by atoms with van der Waals surface area (Å²) in [6.45, 7) is 14.4. The largest absolute Gasteiger partial charge is 0.444 e. The molecule has 10 heteroatoms. The summed E-state index contributed by atoms with van der Waals surface area (Å²) in [5, 5.41) is 0. The van der Waals surface area contributed by atoms with Crippen molar-refractivity contribution in [2.24, 2.45) is 0 Å². The lowest BCUT2D eigenvalue weighted by molar-refractivity contribution is 0.0213. The van der Waals surface area contributed by atoms with Crippen molar-refractivity contribution < 1.29 is 19.1 Å². The second-order valence-electron chi connectivity index (χ2n) is 14.3. The number of carbonyl (C=O) groups is 2. The molecule has 4 aromatic rings. The molecule has 2 amide bonds. The number of rotatable bonds is 3. The van der Waals surface area contributed by atoms with E-state index in [2.05, 4.69) is 26.8 Å². The fourth-order valence-electron chi connectivity index (χ4n) is 5.87. The summed E-state index contributed by atoms with van der Waals surface area (Å²) in [4.78, 5) is 45.3. The minimum atomic E-state index is -0.575. The Balaban J connectivity index is 1.14. The highest BCUT2D eigenvalue weighted by molar-refractivity contribution is 5.77. The Bertz CT molecular complexity index is 1890. The van der Waals surface area contributed by atoms with Gasteiger partial charge in [0.2, 0.25) is 0 Å². The van der Waals surface area contributed by atoms with Crippen molar-refractivity contribution in [3.05, 3.63) is 83.1 Å². The molecule has 2 atom stereocenters. The zero-order chi connectivity index (χ0) is 33.5. The van der Waals surface area contributed by atoms with Gasteiger partial charge in [-0.2, -0.15) is 0 Å². The fourth-order valence-corrected chi connectivity index (χ4v) is 5.87. The van der Waals surface area contributed by atoms with Gasteiger partial charge in [0, 0.05) is 24.2 Å². The molecule has 6 rings (SSSR count). The third-order valence-corrected chi connectivity index (χ3v) is 7.95. The first kappa shape index (κ1) is 31.9. The maximum Gasteiger partial charge on any atom is 0.411 e. The molecular weight excluding hydrogens is 592 g/mol. The molecule has 0 aliphatic carbocycles. The highest BCUT2D eigenvalue weighted by Gasteiger charge is 2.35. The van der Waals surface area contributed by atoms with E-state index in [1.165, 1.54) is 0 Å². The number of nitrogens with zero attached hydrogens (tertiary/aromatic N) is 4. The van der Waals surface area contributed by atoms with Gasteiger partial charge in [0.15, 0.2) is 0 Å². The molecular formula is C37H42N6O4. The molecule has 47 heavy (non-hydrogen) atoms. The SMILES string of the molecule is CC1=C[C@@H](c2ncc(-c3ccc(C#Cc4ccc5nc([C@@H]6CCCN6C(=O)OC(C)(C)C)[nH]c5c4)cc3)[nH]2)N(C(=O)OC(C)(C)C)C1. The Morgan fingerprint density at radius 3 is 2.23 bits per heavy atom. The molecule has 10 nitrogen and oxygen atoms in total. The molecule has 244 valence electrons. The molecule has 2 aromatic carbocycles. The van der Waals surface area contributed by atoms with E-state index < -0.39 is 11.2 Å². The lowest BCUT2D eigenvalue weighted by atomic mass is 10.1. The standard InChI is InChI=1S/C37H42N6O4/c1-23-19-31(43(22-23)35(45)47-37(5,6)7)32-38-21-29(41-32)26-15-12-24(13-16-26)10-11-25-14-17-27-28(20-25)40-33(39-27)30-9-8-18-42(30)34(44)46-36(2,3)4/h12-17,19-21,30-31H,8-9,18,22H2,1-7H3,(H,38,41)(H,39,40)/t30-,31-/m0/s1. The van der Waals surface area contributed by atoms with Crippen molar-refractivity contribution in [2.75, 3.05) is 13.1 Å². The number of carbonyl (C=O) groups excluding carboxylic acids is 2. The zero-order valence-corrected chi connectivity index (χ0v) is 28.1. The number of benzene rings is 2. The second kappa shape index (κ2) is 12.3. The van der Waals surface area contributed by atoms with Crippen LogP contribution in [0.3, 0.4) is 0 Å². The Labute approximate surface area is 275 Å². The summed E-state index contributed by atoms with van der Waals surface area (Å²) in [5.41, 5.74) is 5.25. The molecule has 2 aromatic heterocycles. The van der Waals surface area contributed by atoms with Crippen molar-refractivity contribution in [2.45, 2.75) is 84.6 Å².